The van der Waals surface area contributed by atoms with Gasteiger partial charge in [-0.1, -0.05) is 0 Å². The standard InChI is InChI=1S/C6H8BN3O.K/c1-11-6-3-2-5(8-4-7)9-10-6;/h2-3H,4H2,1H3,(H,8,9);/q-1;+1. The molecule has 1 aromatic heterocycles. The Hall–Kier alpha value is 0.381. The number of nitrogens with zero attached hydrogens (tertiary/aromatic N) is 2. The van der Waals surface area contributed by atoms with Crippen LogP contribution in [0.4, 0.5) is 5.82 Å². The van der Waals surface area contributed by atoms with Crippen molar-refractivity contribution in [3.8, 4) is 5.88 Å². The van der Waals surface area contributed by atoms with E-state index in [0.29, 0.717) is 18.1 Å². The van der Waals surface area contributed by atoms with Gasteiger partial charge in [0.05, 0.1) is 7.11 Å². The average Bonchev–Trinajstić information content (AvgIpc) is 2.07. The predicted octanol–water partition coefficient (Wildman–Crippen LogP) is -2.97. The molecule has 0 aliphatic rings. The zero-order chi connectivity index (χ0) is 8.10. The fraction of sp³-hybridized carbons (Fsp3) is 0.333. The van der Waals surface area contributed by atoms with Gasteiger partial charge in [0.15, 0.2) is 0 Å². The Labute approximate surface area is 115 Å². The molecule has 0 aromatic carbocycles. The second-order valence-electron chi connectivity index (χ2n) is 1.84. The van der Waals surface area contributed by atoms with Gasteiger partial charge in [-0.3, -0.25) is 0 Å². The number of methoxy groups -OCH3 is 1. The molecule has 6 heteroatoms. The van der Waals surface area contributed by atoms with E-state index in [1.165, 1.54) is 0 Å². The molecule has 1 N–H and O–H groups in total. The summed E-state index contributed by atoms with van der Waals surface area (Å²) >= 11 is 0. The Morgan fingerprint density at radius 2 is 2.25 bits per heavy atom. The van der Waals surface area contributed by atoms with Crippen LogP contribution < -0.4 is 61.4 Å². The van der Waals surface area contributed by atoms with Crippen LogP contribution in [0.5, 0.6) is 5.88 Å². The molecule has 1 rings (SSSR count). The fourth-order valence-corrected chi connectivity index (χ4v) is 0.628. The van der Waals surface area contributed by atoms with E-state index in [-0.39, 0.29) is 51.4 Å². The molecule has 0 atom stereocenters. The van der Waals surface area contributed by atoms with Crippen LogP contribution in [0.1, 0.15) is 0 Å². The van der Waals surface area contributed by atoms with Crippen LogP contribution in [-0.4, -0.2) is 31.6 Å². The van der Waals surface area contributed by atoms with Crippen LogP contribution in [0.25, 0.3) is 0 Å². The van der Waals surface area contributed by atoms with Crippen LogP contribution in [0.3, 0.4) is 0 Å². The van der Waals surface area contributed by atoms with Gasteiger partial charge in [-0.05, 0) is 6.07 Å². The van der Waals surface area contributed by atoms with Crippen LogP contribution >= 0.6 is 0 Å². The van der Waals surface area contributed by atoms with Gasteiger partial charge in [-0.2, -0.15) is 0 Å². The van der Waals surface area contributed by atoms with Crippen LogP contribution in [0.2, 0.25) is 0 Å². The summed E-state index contributed by atoms with van der Waals surface area (Å²) in [5.74, 6) is 1.14. The van der Waals surface area contributed by atoms with Crippen LogP contribution in [0.15, 0.2) is 12.1 Å². The van der Waals surface area contributed by atoms with E-state index in [4.69, 9.17) is 12.6 Å². The number of hydrogen-bond donors (Lipinski definition) is 1. The summed E-state index contributed by atoms with van der Waals surface area (Å²) in [6, 6.07) is 3.46. The van der Waals surface area contributed by atoms with Crippen molar-refractivity contribution < 1.29 is 56.1 Å². The number of nitrogens with one attached hydrogen (secondary N) is 1. The zero-order valence-electron chi connectivity index (χ0n) is 7.24. The number of anilines is 1. The van der Waals surface area contributed by atoms with Crippen LogP contribution in [-0.2, 0) is 0 Å². The van der Waals surface area contributed by atoms with E-state index in [0.717, 1.165) is 0 Å². The van der Waals surface area contributed by atoms with E-state index in [1.807, 2.05) is 0 Å². The molecule has 4 nitrogen and oxygen atoms in total. The van der Waals surface area contributed by atoms with Crippen molar-refractivity contribution in [2.75, 3.05) is 18.9 Å². The molecular weight excluding hydrogens is 180 g/mol. The zero-order valence-corrected chi connectivity index (χ0v) is 10.4. The molecular formula is C6H8BKN3O. The minimum absolute atomic E-state index is 0. The van der Waals surface area contributed by atoms with Gasteiger partial charge >= 0.3 is 51.4 Å². The molecule has 0 spiro atoms. The minimum Gasteiger partial charge on any atom is -0.598 e. The van der Waals surface area contributed by atoms with Gasteiger partial charge in [0.25, 0.3) is 0 Å². The summed E-state index contributed by atoms with van der Waals surface area (Å²) in [7, 11) is 6.76. The topological polar surface area (TPSA) is 47.0 Å². The number of rotatable bonds is 3. The van der Waals surface area contributed by atoms with Crippen molar-refractivity contribution >= 4 is 13.7 Å². The van der Waals surface area contributed by atoms with E-state index in [2.05, 4.69) is 15.5 Å². The maximum atomic E-state index is 5.22. The molecule has 3 radical (unpaired) electrons. The molecule has 1 heterocycles. The van der Waals surface area contributed by atoms with Gasteiger partial charge in [0.2, 0.25) is 5.88 Å². The normalized spacial score (nSPS) is 8.50. The van der Waals surface area contributed by atoms with Crippen molar-refractivity contribution in [1.82, 2.24) is 10.2 Å². The fourth-order valence-electron chi connectivity index (χ4n) is 0.628. The van der Waals surface area contributed by atoms with E-state index in [9.17, 15) is 0 Å². The number of aromatic nitrogens is 2. The Kier molecular flexibility index (Phi) is 7.07. The molecule has 12 heavy (non-hydrogen) atoms. The second kappa shape index (κ2) is 6.85. The summed E-state index contributed by atoms with van der Waals surface area (Å²) in [6.45, 7) is 0. The van der Waals surface area contributed by atoms with Crippen LogP contribution in [0, 0.1) is 0 Å². The SMILES string of the molecule is [B-]CNc1ccc(OC)nn1.[K+]. The van der Waals surface area contributed by atoms with Crippen molar-refractivity contribution in [3.05, 3.63) is 12.1 Å². The molecule has 0 amide bonds. The third kappa shape index (κ3) is 3.86. The molecule has 0 aliphatic heterocycles. The maximum Gasteiger partial charge on any atom is 1.00 e. The summed E-state index contributed by atoms with van der Waals surface area (Å²) in [5.41, 5.74) is 0. The van der Waals surface area contributed by atoms with Crippen molar-refractivity contribution in [2.45, 2.75) is 0 Å². The maximum absolute atomic E-state index is 5.22. The smallest absolute Gasteiger partial charge is 0.598 e. The van der Waals surface area contributed by atoms with Gasteiger partial charge in [-0.15, -0.1) is 10.2 Å². The first kappa shape index (κ1) is 12.4. The van der Waals surface area contributed by atoms with Gasteiger partial charge in [0.1, 0.15) is 5.82 Å². The average molecular weight is 188 g/mol. The molecule has 0 saturated heterocycles. The third-order valence-corrected chi connectivity index (χ3v) is 1.13. The predicted molar refractivity (Wildman–Crippen MR) is 42.8 cm³/mol. The van der Waals surface area contributed by atoms with Gasteiger partial charge in [0, 0.05) is 6.07 Å². The summed E-state index contributed by atoms with van der Waals surface area (Å²) in [6.07, 6.45) is 0.348. The Balaban J connectivity index is 0.00000121. The van der Waals surface area contributed by atoms with E-state index >= 15 is 0 Å². The molecule has 0 fully saturated rings. The Morgan fingerprint density at radius 3 is 2.67 bits per heavy atom. The van der Waals surface area contributed by atoms with E-state index in [1.54, 1.807) is 19.2 Å². The Bertz CT molecular complexity index is 219. The first-order valence-corrected chi connectivity index (χ1v) is 3.18. The van der Waals surface area contributed by atoms with Crippen molar-refractivity contribution in [2.24, 2.45) is 0 Å². The molecule has 0 aliphatic carbocycles. The molecule has 57 valence electrons. The second-order valence-corrected chi connectivity index (χ2v) is 1.84. The van der Waals surface area contributed by atoms with Gasteiger partial charge in [-0.25, -0.2) is 6.44 Å². The molecule has 0 bridgehead atoms. The first-order chi connectivity index (χ1) is 5.36. The van der Waals surface area contributed by atoms with Crippen molar-refractivity contribution in [3.63, 3.8) is 0 Å². The third-order valence-electron chi connectivity index (χ3n) is 1.13. The van der Waals surface area contributed by atoms with E-state index < -0.39 is 0 Å². The largest absolute Gasteiger partial charge is 1.00 e. The Morgan fingerprint density at radius 1 is 1.50 bits per heavy atom. The quantitative estimate of drug-likeness (QED) is 0.514. The first-order valence-electron chi connectivity index (χ1n) is 3.18. The number of ether oxygens (including phenoxy) is 1. The summed E-state index contributed by atoms with van der Waals surface area (Å²) in [4.78, 5) is 0. The minimum atomic E-state index is 0. The van der Waals surface area contributed by atoms with Crippen molar-refractivity contribution in [1.29, 1.82) is 0 Å². The molecule has 1 aromatic rings. The molecule has 0 unspecified atom stereocenters. The summed E-state index contributed by atoms with van der Waals surface area (Å²) in [5, 5.41) is 10.3. The monoisotopic (exact) mass is 188 g/mol. The number of hydrogen-bond acceptors (Lipinski definition) is 4. The van der Waals surface area contributed by atoms with Gasteiger partial charge < -0.3 is 17.9 Å². The summed E-state index contributed by atoms with van der Waals surface area (Å²) < 4.78 is 4.81. The molecule has 0 saturated carbocycles.